The van der Waals surface area contributed by atoms with Crippen molar-refractivity contribution in [2.45, 2.75) is 191 Å². The minimum absolute atomic E-state index is 0.0979. The van der Waals surface area contributed by atoms with E-state index in [0.29, 0.717) is 32.5 Å². The molecule has 312 valence electrons. The van der Waals surface area contributed by atoms with Crippen molar-refractivity contribution < 1.29 is 57.1 Å². The number of nitrogens with zero attached hydrogens (tertiary/aromatic N) is 1. The van der Waals surface area contributed by atoms with Crippen LogP contribution in [-0.2, 0) is 57.1 Å². The van der Waals surface area contributed by atoms with Crippen LogP contribution in [0.25, 0.3) is 0 Å². The van der Waals surface area contributed by atoms with Crippen LogP contribution in [0.15, 0.2) is 0 Å². The summed E-state index contributed by atoms with van der Waals surface area (Å²) in [5.74, 6) is -2.25. The van der Waals surface area contributed by atoms with E-state index in [4.69, 9.17) is 33.2 Å². The molecule has 0 aromatic carbocycles. The van der Waals surface area contributed by atoms with Crippen LogP contribution in [0.1, 0.15) is 142 Å². The highest BCUT2D eigenvalue weighted by Gasteiger charge is 2.58. The minimum atomic E-state index is -1.37. The summed E-state index contributed by atoms with van der Waals surface area (Å²) >= 11 is 0. The number of ketones is 1. The summed E-state index contributed by atoms with van der Waals surface area (Å²) in [6, 6.07) is -0.698. The molecule has 0 aliphatic carbocycles. The Morgan fingerprint density at radius 2 is 1.15 bits per heavy atom. The number of carbonyl (C=O) groups excluding carboxylic acids is 5. The lowest BCUT2D eigenvalue weighted by molar-refractivity contribution is -0.293. The number of esters is 4. The summed E-state index contributed by atoms with van der Waals surface area (Å²) < 4.78 is 42.9. The van der Waals surface area contributed by atoms with Crippen molar-refractivity contribution in [3.8, 4) is 0 Å². The first-order valence-corrected chi connectivity index (χ1v) is 19.7. The van der Waals surface area contributed by atoms with Crippen LogP contribution in [0.3, 0.4) is 0 Å². The smallest absolute Gasteiger partial charge is 0.311 e. The summed E-state index contributed by atoms with van der Waals surface area (Å²) in [6.07, 6.45) is -3.71. The molecule has 2 fully saturated rings. The van der Waals surface area contributed by atoms with Crippen molar-refractivity contribution in [1.82, 2.24) is 4.90 Å². The molecule has 8 atom stereocenters. The maximum absolute atomic E-state index is 13.9. The van der Waals surface area contributed by atoms with Crippen LogP contribution >= 0.6 is 0 Å². The van der Waals surface area contributed by atoms with E-state index in [1.807, 2.05) is 20.8 Å². The van der Waals surface area contributed by atoms with Crippen molar-refractivity contribution in [2.24, 2.45) is 21.7 Å². The molecule has 13 heteroatoms. The van der Waals surface area contributed by atoms with Crippen LogP contribution in [0, 0.1) is 21.7 Å². The highest BCUT2D eigenvalue weighted by molar-refractivity contribution is 5.81. The number of hydrogen-bond donors (Lipinski definition) is 0. The van der Waals surface area contributed by atoms with Crippen LogP contribution in [0.5, 0.6) is 0 Å². The molecule has 0 bridgehead atoms. The standard InChI is InChI=1S/C41H71NO12/c1-16-19-26-22-28(43)23-27(20-18-21-49-25(3)48-17-2)42(26)33-32(54-37(47)41(13,14)15)31(53-36(46)40(10,11)12)30(52-35(45)39(7,8)9)29(51-33)24-50-34(44)38(4,5)6/h25-27,29-33H,16-24H2,1-15H3/t25?,26-,27+,29-,30+,31+,32-,33-/m1/s1. The number of Topliss-reactive ketones (excluding diaryl/α,β-unsaturated/α-hetero) is 1. The number of rotatable bonds is 15. The van der Waals surface area contributed by atoms with Gasteiger partial charge in [-0.05, 0) is 116 Å². The molecule has 2 saturated heterocycles. The van der Waals surface area contributed by atoms with Gasteiger partial charge in [0.05, 0.1) is 21.7 Å². The summed E-state index contributed by atoms with van der Waals surface area (Å²) in [7, 11) is 0. The SMILES string of the molecule is CCC[C@@H]1CC(=O)C[C@H](CCCOC(C)OCC)N1[C@@H]1O[C@H](COC(=O)C(C)(C)C)[C@H](OC(=O)C(C)(C)C)[C@H](OC(=O)C(C)(C)C)[C@H]1OC(=O)C(C)(C)C. The largest absolute Gasteiger partial charge is 0.462 e. The number of piperidine rings is 1. The monoisotopic (exact) mass is 769 g/mol. The van der Waals surface area contributed by atoms with Gasteiger partial charge in [-0.25, -0.2) is 0 Å². The molecule has 0 radical (unpaired) electrons. The van der Waals surface area contributed by atoms with E-state index in [-0.39, 0.29) is 37.3 Å². The van der Waals surface area contributed by atoms with E-state index in [1.165, 1.54) is 0 Å². The summed E-state index contributed by atoms with van der Waals surface area (Å²) in [5, 5.41) is 0. The number of ether oxygens (including phenoxy) is 7. The van der Waals surface area contributed by atoms with Gasteiger partial charge in [-0.15, -0.1) is 0 Å². The zero-order chi connectivity index (χ0) is 41.4. The summed E-state index contributed by atoms with van der Waals surface area (Å²) in [5.41, 5.74) is -3.82. The predicted octanol–water partition coefficient (Wildman–Crippen LogP) is 6.56. The lowest BCUT2D eigenvalue weighted by atomic mass is 9.86. The molecule has 2 rings (SSSR count). The van der Waals surface area contributed by atoms with Crippen LogP contribution in [0.4, 0.5) is 0 Å². The summed E-state index contributed by atoms with van der Waals surface area (Å²) in [6.45, 7) is 26.7. The number of hydrogen-bond acceptors (Lipinski definition) is 13. The normalized spacial score (nSPS) is 26.5. The van der Waals surface area contributed by atoms with Gasteiger partial charge < -0.3 is 33.2 Å². The Labute approximate surface area is 324 Å². The quantitative estimate of drug-likeness (QED) is 0.0766. The van der Waals surface area contributed by atoms with E-state index < -0.39 is 82.5 Å². The van der Waals surface area contributed by atoms with E-state index in [0.717, 1.165) is 6.42 Å². The zero-order valence-corrected chi connectivity index (χ0v) is 35.8. The molecule has 0 aromatic rings. The minimum Gasteiger partial charge on any atom is -0.462 e. The fourth-order valence-corrected chi connectivity index (χ4v) is 6.17. The molecule has 0 spiro atoms. The first-order chi connectivity index (χ1) is 24.7. The molecule has 0 amide bonds. The van der Waals surface area contributed by atoms with Crippen molar-refractivity contribution in [2.75, 3.05) is 19.8 Å². The molecule has 1 unspecified atom stereocenters. The Kier molecular flexibility index (Phi) is 17.2. The van der Waals surface area contributed by atoms with Gasteiger partial charge in [0.1, 0.15) is 18.5 Å². The molecule has 0 N–H and O–H groups in total. The van der Waals surface area contributed by atoms with Gasteiger partial charge in [-0.3, -0.25) is 28.9 Å². The molecule has 13 nitrogen and oxygen atoms in total. The van der Waals surface area contributed by atoms with Gasteiger partial charge in [0.25, 0.3) is 0 Å². The van der Waals surface area contributed by atoms with Gasteiger partial charge in [-0.1, -0.05) is 13.3 Å². The number of likely N-dealkylation sites (tertiary alicyclic amines) is 1. The van der Waals surface area contributed by atoms with Gasteiger partial charge >= 0.3 is 23.9 Å². The average molecular weight is 770 g/mol. The Morgan fingerprint density at radius 1 is 0.685 bits per heavy atom. The van der Waals surface area contributed by atoms with Crippen molar-refractivity contribution in [3.05, 3.63) is 0 Å². The fourth-order valence-electron chi connectivity index (χ4n) is 6.17. The maximum Gasteiger partial charge on any atom is 0.311 e. The number of carbonyl (C=O) groups is 5. The summed E-state index contributed by atoms with van der Waals surface area (Å²) in [4.78, 5) is 69.9. The van der Waals surface area contributed by atoms with Gasteiger partial charge in [-0.2, -0.15) is 0 Å². The molecule has 2 aliphatic heterocycles. The average Bonchev–Trinajstić information content (AvgIpc) is 3.02. The Bertz CT molecular complexity index is 1270. The molecule has 54 heavy (non-hydrogen) atoms. The van der Waals surface area contributed by atoms with Crippen LogP contribution < -0.4 is 0 Å². The molecule has 0 saturated carbocycles. The predicted molar refractivity (Wildman–Crippen MR) is 202 cm³/mol. The van der Waals surface area contributed by atoms with Gasteiger partial charge in [0.15, 0.2) is 30.8 Å². The third-order valence-corrected chi connectivity index (χ3v) is 9.29. The molecule has 0 aromatic heterocycles. The zero-order valence-electron chi connectivity index (χ0n) is 35.8. The second-order valence-corrected chi connectivity index (χ2v) is 18.8. The van der Waals surface area contributed by atoms with Crippen LogP contribution in [-0.4, -0.2) is 103 Å². The second-order valence-electron chi connectivity index (χ2n) is 18.8. The molecular weight excluding hydrogens is 698 g/mol. The first kappa shape index (κ1) is 47.5. The Hall–Kier alpha value is -2.61. The highest BCUT2D eigenvalue weighted by Crippen LogP contribution is 2.39. The Morgan fingerprint density at radius 3 is 1.61 bits per heavy atom. The lowest BCUT2D eigenvalue weighted by Crippen LogP contribution is -2.70. The van der Waals surface area contributed by atoms with E-state index in [2.05, 4.69) is 4.90 Å². The van der Waals surface area contributed by atoms with E-state index in [1.54, 1.807) is 83.1 Å². The molecule has 2 heterocycles. The van der Waals surface area contributed by atoms with Gasteiger partial charge in [0, 0.05) is 38.1 Å². The first-order valence-electron chi connectivity index (χ1n) is 19.7. The van der Waals surface area contributed by atoms with Gasteiger partial charge in [0.2, 0.25) is 0 Å². The molecular formula is C41H71NO12. The maximum atomic E-state index is 13.9. The second kappa shape index (κ2) is 19.5. The molecule has 2 aliphatic rings. The van der Waals surface area contributed by atoms with E-state index in [9.17, 15) is 24.0 Å². The topological polar surface area (TPSA) is 153 Å². The van der Waals surface area contributed by atoms with Crippen molar-refractivity contribution in [1.29, 1.82) is 0 Å². The third kappa shape index (κ3) is 13.8. The van der Waals surface area contributed by atoms with Crippen LogP contribution in [0.2, 0.25) is 0 Å². The third-order valence-electron chi connectivity index (χ3n) is 9.29. The van der Waals surface area contributed by atoms with Crippen molar-refractivity contribution in [3.63, 3.8) is 0 Å². The van der Waals surface area contributed by atoms with Crippen molar-refractivity contribution >= 4 is 29.7 Å². The van der Waals surface area contributed by atoms with E-state index >= 15 is 0 Å². The Balaban J connectivity index is 2.85. The fraction of sp³-hybridized carbons (Fsp3) is 0.878. The highest BCUT2D eigenvalue weighted by atomic mass is 16.7. The lowest BCUT2D eigenvalue weighted by Gasteiger charge is -2.53.